The number of carbonyl (C=O) groups is 1. The van der Waals surface area contributed by atoms with Crippen molar-refractivity contribution in [1.29, 1.82) is 0 Å². The lowest BCUT2D eigenvalue weighted by atomic mass is 10.1. The van der Waals surface area contributed by atoms with Gasteiger partial charge in [-0.3, -0.25) is 9.78 Å². The van der Waals surface area contributed by atoms with Gasteiger partial charge in [0.1, 0.15) is 0 Å². The fourth-order valence-corrected chi connectivity index (χ4v) is 4.45. The van der Waals surface area contributed by atoms with E-state index in [4.69, 9.17) is 0 Å². The Morgan fingerprint density at radius 3 is 2.48 bits per heavy atom. The number of aromatic nitrogens is 1. The minimum atomic E-state index is -3.48. The molecule has 1 N–H and O–H groups in total. The number of aryl methyl sites for hydroxylation is 1. The lowest BCUT2D eigenvalue weighted by Gasteiger charge is -2.31. The molecule has 1 fully saturated rings. The molecule has 2 heterocycles. The number of pyridine rings is 1. The summed E-state index contributed by atoms with van der Waals surface area (Å²) >= 11 is 0. The Balaban J connectivity index is 1.53. The summed E-state index contributed by atoms with van der Waals surface area (Å²) < 4.78 is 26.9. The van der Waals surface area contributed by atoms with Crippen molar-refractivity contribution in [2.75, 3.05) is 13.1 Å². The molecular weight excluding hydrogens is 362 g/mol. The second kappa shape index (κ2) is 8.45. The Labute approximate surface area is 160 Å². The number of carbonyl (C=O) groups excluding carboxylic acids is 1. The minimum Gasteiger partial charge on any atom is -0.350 e. The first-order chi connectivity index (χ1) is 12.9. The first-order valence-corrected chi connectivity index (χ1v) is 10.4. The summed E-state index contributed by atoms with van der Waals surface area (Å²) in [5, 5.41) is 2.93. The molecule has 0 spiro atoms. The number of hydrogen-bond acceptors (Lipinski definition) is 4. The third-order valence-corrected chi connectivity index (χ3v) is 6.47. The molecule has 27 heavy (non-hydrogen) atoms. The van der Waals surface area contributed by atoms with E-state index in [2.05, 4.69) is 10.3 Å². The van der Waals surface area contributed by atoms with Gasteiger partial charge in [0.25, 0.3) is 0 Å². The molecule has 1 aliphatic heterocycles. The summed E-state index contributed by atoms with van der Waals surface area (Å²) in [5.74, 6) is -0.194. The van der Waals surface area contributed by atoms with Crippen molar-refractivity contribution >= 4 is 22.0 Å². The minimum absolute atomic E-state index is 0.0321. The summed E-state index contributed by atoms with van der Waals surface area (Å²) in [6.45, 7) is 2.71. The highest BCUT2D eigenvalue weighted by atomic mass is 32.2. The van der Waals surface area contributed by atoms with Crippen molar-refractivity contribution in [2.24, 2.45) is 0 Å². The Morgan fingerprint density at radius 1 is 1.15 bits per heavy atom. The summed E-state index contributed by atoms with van der Waals surface area (Å²) in [4.78, 5) is 16.5. The molecule has 1 aromatic heterocycles. The van der Waals surface area contributed by atoms with Crippen molar-refractivity contribution < 1.29 is 13.2 Å². The molecule has 0 atom stereocenters. The maximum Gasteiger partial charge on any atom is 0.244 e. The van der Waals surface area contributed by atoms with Crippen molar-refractivity contribution in [3.8, 4) is 0 Å². The second-order valence-electron chi connectivity index (χ2n) is 6.59. The highest BCUT2D eigenvalue weighted by molar-refractivity contribution is 7.89. The molecule has 0 saturated carbocycles. The Morgan fingerprint density at radius 2 is 1.85 bits per heavy atom. The fourth-order valence-electron chi connectivity index (χ4n) is 2.98. The van der Waals surface area contributed by atoms with E-state index >= 15 is 0 Å². The van der Waals surface area contributed by atoms with Gasteiger partial charge in [0.2, 0.25) is 15.9 Å². The van der Waals surface area contributed by atoms with Crippen LogP contribution in [0.5, 0.6) is 0 Å². The number of nitrogens with one attached hydrogen (secondary N) is 1. The van der Waals surface area contributed by atoms with Crippen LogP contribution in [0.2, 0.25) is 0 Å². The Kier molecular flexibility index (Phi) is 6.03. The molecule has 7 heteroatoms. The molecule has 0 aliphatic carbocycles. The van der Waals surface area contributed by atoms with Gasteiger partial charge in [0.05, 0.1) is 10.6 Å². The summed E-state index contributed by atoms with van der Waals surface area (Å²) in [5.41, 5.74) is 1.74. The number of benzene rings is 1. The smallest absolute Gasteiger partial charge is 0.244 e. The van der Waals surface area contributed by atoms with Crippen LogP contribution in [-0.2, 0) is 14.8 Å². The summed E-state index contributed by atoms with van der Waals surface area (Å²) in [6, 6.07) is 12.3. The molecule has 0 radical (unpaired) electrons. The first-order valence-electron chi connectivity index (χ1n) is 8.91. The van der Waals surface area contributed by atoms with Gasteiger partial charge >= 0.3 is 0 Å². The Bertz CT molecular complexity index is 901. The highest BCUT2D eigenvalue weighted by Crippen LogP contribution is 2.21. The quantitative estimate of drug-likeness (QED) is 0.802. The molecule has 0 bridgehead atoms. The van der Waals surface area contributed by atoms with Gasteiger partial charge in [-0.2, -0.15) is 4.31 Å². The highest BCUT2D eigenvalue weighted by Gasteiger charge is 2.29. The monoisotopic (exact) mass is 385 g/mol. The van der Waals surface area contributed by atoms with Gasteiger partial charge < -0.3 is 5.32 Å². The number of rotatable bonds is 5. The summed E-state index contributed by atoms with van der Waals surface area (Å²) in [6.07, 6.45) is 5.97. The molecule has 6 nitrogen and oxygen atoms in total. The number of nitrogens with zero attached hydrogens (tertiary/aromatic N) is 2. The standard InChI is InChI=1S/C20H23N3O3S/c1-16-5-8-19(9-6-16)27(25,26)23-14-11-18(12-15-23)22-20(24)10-7-17-4-2-3-13-21-17/h2-10,13,18H,11-12,14-15H2,1H3,(H,22,24). The van der Waals surface area contributed by atoms with E-state index in [-0.39, 0.29) is 11.9 Å². The third-order valence-electron chi connectivity index (χ3n) is 4.55. The molecule has 3 rings (SSSR count). The van der Waals surface area contributed by atoms with E-state index in [1.54, 1.807) is 36.5 Å². The maximum absolute atomic E-state index is 12.7. The predicted molar refractivity (Wildman–Crippen MR) is 104 cm³/mol. The first kappa shape index (κ1) is 19.3. The van der Waals surface area contributed by atoms with Crippen LogP contribution in [-0.4, -0.2) is 42.7 Å². The SMILES string of the molecule is Cc1ccc(S(=O)(=O)N2CCC(NC(=O)C=Cc3ccccn3)CC2)cc1. The lowest BCUT2D eigenvalue weighted by molar-refractivity contribution is -0.117. The van der Waals surface area contributed by atoms with Crippen molar-refractivity contribution in [3.63, 3.8) is 0 Å². The van der Waals surface area contributed by atoms with Gasteiger partial charge in [-0.1, -0.05) is 23.8 Å². The van der Waals surface area contributed by atoms with E-state index < -0.39 is 10.0 Å². The predicted octanol–water partition coefficient (Wildman–Crippen LogP) is 2.37. The molecule has 2 aromatic rings. The number of amides is 1. The maximum atomic E-state index is 12.7. The van der Waals surface area contributed by atoms with E-state index in [1.165, 1.54) is 10.4 Å². The van der Waals surface area contributed by atoms with E-state index in [0.29, 0.717) is 36.5 Å². The molecule has 1 aromatic carbocycles. The molecule has 142 valence electrons. The largest absolute Gasteiger partial charge is 0.350 e. The zero-order valence-corrected chi connectivity index (χ0v) is 16.0. The van der Waals surface area contributed by atoms with Crippen LogP contribution in [0.4, 0.5) is 0 Å². The second-order valence-corrected chi connectivity index (χ2v) is 8.53. The summed E-state index contributed by atoms with van der Waals surface area (Å²) in [7, 11) is -3.48. The van der Waals surface area contributed by atoms with Gasteiger partial charge in [0, 0.05) is 31.4 Å². The third kappa shape index (κ3) is 5.02. The van der Waals surface area contributed by atoms with E-state index in [0.717, 1.165) is 5.56 Å². The Hall–Kier alpha value is -2.51. The van der Waals surface area contributed by atoms with Crippen LogP contribution >= 0.6 is 0 Å². The van der Waals surface area contributed by atoms with Crippen LogP contribution in [0, 0.1) is 6.92 Å². The van der Waals surface area contributed by atoms with Crippen molar-refractivity contribution in [2.45, 2.75) is 30.7 Å². The number of sulfonamides is 1. The van der Waals surface area contributed by atoms with Crippen LogP contribution in [0.25, 0.3) is 6.08 Å². The van der Waals surface area contributed by atoms with Gasteiger partial charge in [-0.15, -0.1) is 0 Å². The zero-order chi connectivity index (χ0) is 19.3. The average molecular weight is 385 g/mol. The van der Waals surface area contributed by atoms with Crippen LogP contribution in [0.15, 0.2) is 59.6 Å². The molecular formula is C20H23N3O3S. The van der Waals surface area contributed by atoms with E-state index in [1.807, 2.05) is 25.1 Å². The molecule has 0 unspecified atom stereocenters. The molecule has 1 saturated heterocycles. The van der Waals surface area contributed by atoms with Crippen LogP contribution < -0.4 is 5.32 Å². The zero-order valence-electron chi connectivity index (χ0n) is 15.2. The van der Waals surface area contributed by atoms with Crippen molar-refractivity contribution in [3.05, 3.63) is 66.0 Å². The fraction of sp³-hybridized carbons (Fsp3) is 0.300. The lowest BCUT2D eigenvalue weighted by Crippen LogP contribution is -2.46. The van der Waals surface area contributed by atoms with Crippen LogP contribution in [0.3, 0.4) is 0 Å². The van der Waals surface area contributed by atoms with E-state index in [9.17, 15) is 13.2 Å². The number of hydrogen-bond donors (Lipinski definition) is 1. The topological polar surface area (TPSA) is 79.4 Å². The van der Waals surface area contributed by atoms with Gasteiger partial charge in [-0.05, 0) is 50.1 Å². The van der Waals surface area contributed by atoms with Crippen LogP contribution in [0.1, 0.15) is 24.1 Å². The normalized spacial score (nSPS) is 16.5. The molecule has 1 aliphatic rings. The average Bonchev–Trinajstić information content (AvgIpc) is 2.68. The molecule has 1 amide bonds. The number of piperidine rings is 1. The van der Waals surface area contributed by atoms with Gasteiger partial charge in [-0.25, -0.2) is 8.42 Å². The van der Waals surface area contributed by atoms with Gasteiger partial charge in [0.15, 0.2) is 0 Å². The van der Waals surface area contributed by atoms with Crippen molar-refractivity contribution in [1.82, 2.24) is 14.6 Å².